The molecule has 0 saturated carbocycles. The van der Waals surface area contributed by atoms with Gasteiger partial charge in [-0.15, -0.1) is 11.3 Å². The van der Waals surface area contributed by atoms with Gasteiger partial charge in [-0.2, -0.15) is 0 Å². The Kier molecular flexibility index (Phi) is 4.45. The molecule has 1 aromatic carbocycles. The fourth-order valence-corrected chi connectivity index (χ4v) is 3.25. The lowest BCUT2D eigenvalue weighted by Gasteiger charge is -2.18. The summed E-state index contributed by atoms with van der Waals surface area (Å²) in [6.45, 7) is 6.55. The van der Waals surface area contributed by atoms with Crippen molar-refractivity contribution in [3.8, 4) is 5.75 Å². The summed E-state index contributed by atoms with van der Waals surface area (Å²) in [4.78, 5) is 4.80. The zero-order chi connectivity index (χ0) is 14.8. The van der Waals surface area contributed by atoms with E-state index in [2.05, 4.69) is 37.5 Å². The van der Waals surface area contributed by atoms with E-state index >= 15 is 0 Å². The molecule has 1 N–H and O–H groups in total. The van der Waals surface area contributed by atoms with Gasteiger partial charge in [-0.05, 0) is 13.1 Å². The molecule has 3 nitrogen and oxygen atoms in total. The fraction of sp³-hybridized carbons (Fsp3) is 0.438. The number of ether oxygens (including phenoxy) is 1. The van der Waals surface area contributed by atoms with Crippen molar-refractivity contribution in [2.45, 2.75) is 32.2 Å². The van der Waals surface area contributed by atoms with Crippen molar-refractivity contribution in [3.63, 3.8) is 0 Å². The Bertz CT molecular complexity index is 572. The van der Waals surface area contributed by atoms with Crippen molar-refractivity contribution in [1.82, 2.24) is 10.3 Å². The van der Waals surface area contributed by atoms with Crippen LogP contribution in [0.25, 0.3) is 0 Å². The van der Waals surface area contributed by atoms with Crippen LogP contribution in [0.4, 0.5) is 0 Å². The zero-order valence-electron chi connectivity index (χ0n) is 12.7. The average molecular weight is 290 g/mol. The van der Waals surface area contributed by atoms with E-state index in [0.717, 1.165) is 22.0 Å². The van der Waals surface area contributed by atoms with Crippen molar-refractivity contribution >= 4 is 11.3 Å². The van der Waals surface area contributed by atoms with Crippen molar-refractivity contribution < 1.29 is 4.74 Å². The Balaban J connectivity index is 2.40. The van der Waals surface area contributed by atoms with E-state index in [1.54, 1.807) is 18.4 Å². The largest absolute Gasteiger partial charge is 0.496 e. The molecule has 2 rings (SSSR count). The second-order valence-corrected chi connectivity index (χ2v) is 6.67. The van der Waals surface area contributed by atoms with Crippen molar-refractivity contribution in [2.75, 3.05) is 14.2 Å². The molecule has 0 amide bonds. The number of aromatic nitrogens is 1. The van der Waals surface area contributed by atoms with Crippen LogP contribution in [0.2, 0.25) is 0 Å². The molecular formula is C16H22N2OS. The lowest BCUT2D eigenvalue weighted by molar-refractivity contribution is 0.405. The molecule has 1 heterocycles. The number of nitrogens with zero attached hydrogens (tertiary/aromatic N) is 1. The molecule has 0 saturated heterocycles. The highest BCUT2D eigenvalue weighted by molar-refractivity contribution is 7.09. The maximum absolute atomic E-state index is 5.46. The second kappa shape index (κ2) is 5.94. The minimum atomic E-state index is 0.0623. The Hall–Kier alpha value is -1.39. The molecule has 0 aliphatic rings. The molecule has 20 heavy (non-hydrogen) atoms. The number of para-hydroxylation sites is 1. The summed E-state index contributed by atoms with van der Waals surface area (Å²) in [5, 5.41) is 6.56. The Morgan fingerprint density at radius 2 is 1.95 bits per heavy atom. The third-order valence-corrected chi connectivity index (χ3v) is 4.19. The highest BCUT2D eigenvalue weighted by Crippen LogP contribution is 2.33. The first-order chi connectivity index (χ1) is 9.47. The van der Waals surface area contributed by atoms with Gasteiger partial charge in [0.05, 0.1) is 18.8 Å². The Morgan fingerprint density at radius 3 is 2.50 bits per heavy atom. The first-order valence-corrected chi connectivity index (χ1v) is 7.61. The van der Waals surface area contributed by atoms with Crippen LogP contribution in [0.5, 0.6) is 5.75 Å². The van der Waals surface area contributed by atoms with Gasteiger partial charge >= 0.3 is 0 Å². The zero-order valence-corrected chi connectivity index (χ0v) is 13.5. The molecule has 0 aliphatic heterocycles. The van der Waals surface area contributed by atoms with Crippen LogP contribution in [0.15, 0.2) is 29.6 Å². The Labute approximate surface area is 125 Å². The van der Waals surface area contributed by atoms with E-state index in [9.17, 15) is 0 Å². The molecule has 0 bridgehead atoms. The number of methoxy groups -OCH3 is 1. The number of rotatable bonds is 4. The molecule has 0 aliphatic carbocycles. The lowest BCUT2D eigenvalue weighted by atomic mass is 9.93. The maximum atomic E-state index is 5.46. The summed E-state index contributed by atoms with van der Waals surface area (Å²) < 4.78 is 5.46. The minimum Gasteiger partial charge on any atom is -0.496 e. The normalized spacial score (nSPS) is 13.2. The summed E-state index contributed by atoms with van der Waals surface area (Å²) in [5.74, 6) is 0.888. The average Bonchev–Trinajstić information content (AvgIpc) is 2.90. The third-order valence-electron chi connectivity index (χ3n) is 3.28. The van der Waals surface area contributed by atoms with E-state index in [1.165, 1.54) is 0 Å². The first-order valence-electron chi connectivity index (χ1n) is 6.73. The molecule has 1 aromatic heterocycles. The summed E-state index contributed by atoms with van der Waals surface area (Å²) in [5.41, 5.74) is 2.33. The van der Waals surface area contributed by atoms with Gasteiger partial charge in [0.15, 0.2) is 0 Å². The van der Waals surface area contributed by atoms with Gasteiger partial charge in [-0.3, -0.25) is 0 Å². The number of hydrogen-bond donors (Lipinski definition) is 1. The summed E-state index contributed by atoms with van der Waals surface area (Å²) in [7, 11) is 3.66. The molecule has 1 atom stereocenters. The number of nitrogens with one attached hydrogen (secondary N) is 1. The lowest BCUT2D eigenvalue weighted by Crippen LogP contribution is -2.19. The number of thiazole rings is 1. The summed E-state index contributed by atoms with van der Waals surface area (Å²) in [6.07, 6.45) is 0. The van der Waals surface area contributed by atoms with Gasteiger partial charge in [0.25, 0.3) is 0 Å². The predicted octanol–water partition coefficient (Wildman–Crippen LogP) is 3.76. The highest BCUT2D eigenvalue weighted by atomic mass is 32.1. The molecule has 0 spiro atoms. The standard InChI is InChI=1S/C16H22N2OS/c1-16(2,3)13-10-20-15(18-13)14(17-4)11-8-6-7-9-12(11)19-5/h6-10,14,17H,1-5H3. The topological polar surface area (TPSA) is 34.2 Å². The SMILES string of the molecule is CNC(c1nc(C(C)(C)C)cs1)c1ccccc1OC. The maximum Gasteiger partial charge on any atom is 0.124 e. The molecule has 0 radical (unpaired) electrons. The quantitative estimate of drug-likeness (QED) is 0.931. The molecule has 108 valence electrons. The van der Waals surface area contributed by atoms with Gasteiger partial charge < -0.3 is 10.1 Å². The minimum absolute atomic E-state index is 0.0623. The van der Waals surface area contributed by atoms with Crippen molar-refractivity contribution in [3.05, 3.63) is 45.9 Å². The van der Waals surface area contributed by atoms with E-state index in [4.69, 9.17) is 9.72 Å². The van der Waals surface area contributed by atoms with Crippen molar-refractivity contribution in [1.29, 1.82) is 0 Å². The third kappa shape index (κ3) is 3.02. The molecule has 2 aromatic rings. The monoisotopic (exact) mass is 290 g/mol. The van der Waals surface area contributed by atoms with Gasteiger partial charge in [0, 0.05) is 16.4 Å². The van der Waals surface area contributed by atoms with Crippen LogP contribution in [0.3, 0.4) is 0 Å². The number of hydrogen-bond acceptors (Lipinski definition) is 4. The van der Waals surface area contributed by atoms with Crippen LogP contribution in [-0.2, 0) is 5.41 Å². The van der Waals surface area contributed by atoms with E-state index in [0.29, 0.717) is 0 Å². The van der Waals surface area contributed by atoms with E-state index in [-0.39, 0.29) is 11.5 Å². The number of benzene rings is 1. The van der Waals surface area contributed by atoms with Crippen LogP contribution in [0, 0.1) is 0 Å². The summed E-state index contributed by atoms with van der Waals surface area (Å²) in [6, 6.07) is 8.14. The van der Waals surface area contributed by atoms with Crippen LogP contribution in [0.1, 0.15) is 43.1 Å². The smallest absolute Gasteiger partial charge is 0.124 e. The van der Waals surface area contributed by atoms with Crippen molar-refractivity contribution in [2.24, 2.45) is 0 Å². The molecule has 0 fully saturated rings. The van der Waals surface area contributed by atoms with E-state index < -0.39 is 0 Å². The molecular weight excluding hydrogens is 268 g/mol. The fourth-order valence-electron chi connectivity index (χ4n) is 2.08. The van der Waals surface area contributed by atoms with Crippen LogP contribution < -0.4 is 10.1 Å². The van der Waals surface area contributed by atoms with Crippen LogP contribution >= 0.6 is 11.3 Å². The van der Waals surface area contributed by atoms with Gasteiger partial charge in [-0.25, -0.2) is 4.98 Å². The second-order valence-electron chi connectivity index (χ2n) is 5.78. The van der Waals surface area contributed by atoms with Crippen LogP contribution in [-0.4, -0.2) is 19.1 Å². The van der Waals surface area contributed by atoms with Gasteiger partial charge in [0.2, 0.25) is 0 Å². The first kappa shape index (κ1) is 15.0. The van der Waals surface area contributed by atoms with E-state index in [1.807, 2.05) is 25.2 Å². The Morgan fingerprint density at radius 1 is 1.25 bits per heavy atom. The molecule has 4 heteroatoms. The highest BCUT2D eigenvalue weighted by Gasteiger charge is 2.23. The van der Waals surface area contributed by atoms with Gasteiger partial charge in [0.1, 0.15) is 10.8 Å². The molecule has 1 unspecified atom stereocenters. The van der Waals surface area contributed by atoms with Gasteiger partial charge in [-0.1, -0.05) is 39.0 Å². The predicted molar refractivity (Wildman–Crippen MR) is 84.7 cm³/mol. The summed E-state index contributed by atoms with van der Waals surface area (Å²) >= 11 is 1.69.